The van der Waals surface area contributed by atoms with Gasteiger partial charge in [-0.15, -0.1) is 0 Å². The first-order valence-electron chi connectivity index (χ1n) is 7.57. The summed E-state index contributed by atoms with van der Waals surface area (Å²) in [6, 6.07) is 7.00. The second-order valence-corrected chi connectivity index (χ2v) is 6.28. The highest BCUT2D eigenvalue weighted by Gasteiger charge is 2.14. The molecule has 1 aromatic carbocycles. The number of aromatic amines is 1. The number of hydrogen-bond acceptors (Lipinski definition) is 5. The highest BCUT2D eigenvalue weighted by Crippen LogP contribution is 2.17. The molecular weight excluding hydrogens is 330 g/mol. The summed E-state index contributed by atoms with van der Waals surface area (Å²) in [6.07, 6.45) is 2.29. The minimum atomic E-state index is -0.250. The number of fused-ring (bicyclic) bond motifs is 1. The van der Waals surface area contributed by atoms with Crippen molar-refractivity contribution in [1.82, 2.24) is 15.3 Å². The summed E-state index contributed by atoms with van der Waals surface area (Å²) < 4.78 is 0. The van der Waals surface area contributed by atoms with Gasteiger partial charge in [-0.1, -0.05) is 12.1 Å². The lowest BCUT2D eigenvalue weighted by atomic mass is 10.2. The van der Waals surface area contributed by atoms with Crippen LogP contribution in [-0.4, -0.2) is 57.2 Å². The van der Waals surface area contributed by atoms with Gasteiger partial charge in [-0.05, 0) is 30.7 Å². The van der Waals surface area contributed by atoms with Crippen molar-refractivity contribution in [3.05, 3.63) is 29.6 Å². The highest BCUT2D eigenvalue weighted by molar-refractivity contribution is 7.99. The van der Waals surface area contributed by atoms with E-state index in [1.807, 2.05) is 11.8 Å². The number of imidazole rings is 1. The molecule has 1 unspecified atom stereocenters. The number of benzene rings is 1. The van der Waals surface area contributed by atoms with Gasteiger partial charge < -0.3 is 20.5 Å². The monoisotopic (exact) mass is 353 g/mol. The molecule has 132 valence electrons. The molecular formula is C16H23N3O4S. The molecule has 2 heterocycles. The molecule has 1 fully saturated rings. The van der Waals surface area contributed by atoms with Crippen molar-refractivity contribution in [3.63, 3.8) is 0 Å². The number of hydrogen-bond donors (Lipinski definition) is 4. The summed E-state index contributed by atoms with van der Waals surface area (Å²) in [6.45, 7) is 2.63. The zero-order valence-corrected chi connectivity index (χ0v) is 14.4. The second-order valence-electron chi connectivity index (χ2n) is 5.13. The molecule has 7 nitrogen and oxygen atoms in total. The summed E-state index contributed by atoms with van der Waals surface area (Å²) in [7, 11) is 0. The van der Waals surface area contributed by atoms with Gasteiger partial charge in [-0.2, -0.15) is 11.8 Å². The van der Waals surface area contributed by atoms with Crippen LogP contribution in [0.3, 0.4) is 0 Å². The second kappa shape index (κ2) is 11.5. The highest BCUT2D eigenvalue weighted by atomic mass is 32.2. The Morgan fingerprint density at radius 3 is 2.67 bits per heavy atom. The average molecular weight is 353 g/mol. The Bertz CT molecular complexity index is 621. The molecule has 1 aliphatic heterocycles. The first-order valence-corrected chi connectivity index (χ1v) is 8.72. The molecule has 1 atom stereocenters. The maximum Gasteiger partial charge on any atom is 0.290 e. The van der Waals surface area contributed by atoms with Crippen molar-refractivity contribution in [2.75, 3.05) is 18.1 Å². The Kier molecular flexibility index (Phi) is 9.55. The van der Waals surface area contributed by atoms with Crippen LogP contribution >= 0.6 is 11.8 Å². The maximum absolute atomic E-state index is 8.36. The van der Waals surface area contributed by atoms with Gasteiger partial charge in [0.15, 0.2) is 0 Å². The third kappa shape index (κ3) is 6.59. The van der Waals surface area contributed by atoms with Crippen molar-refractivity contribution in [2.24, 2.45) is 0 Å². The van der Waals surface area contributed by atoms with Crippen LogP contribution in [0.15, 0.2) is 18.2 Å². The van der Waals surface area contributed by atoms with Gasteiger partial charge in [0.05, 0.1) is 11.0 Å². The molecule has 1 saturated heterocycles. The SMILES string of the molecule is Cc1cccc2[nH]c(CCNC3CCSC3)nc12.O=CO.O=CO. The predicted molar refractivity (Wildman–Crippen MR) is 95.7 cm³/mol. The number of thioether (sulfide) groups is 1. The van der Waals surface area contributed by atoms with Gasteiger partial charge in [0.1, 0.15) is 5.82 Å². The van der Waals surface area contributed by atoms with Crippen LogP contribution < -0.4 is 5.32 Å². The molecule has 0 aliphatic carbocycles. The van der Waals surface area contributed by atoms with Crippen molar-refractivity contribution in [2.45, 2.75) is 25.8 Å². The molecule has 0 saturated carbocycles. The molecule has 4 N–H and O–H groups in total. The van der Waals surface area contributed by atoms with Crippen molar-refractivity contribution < 1.29 is 19.8 Å². The number of para-hydroxylation sites is 1. The van der Waals surface area contributed by atoms with Crippen molar-refractivity contribution >= 4 is 35.7 Å². The minimum Gasteiger partial charge on any atom is -0.483 e. The Morgan fingerprint density at radius 2 is 2.08 bits per heavy atom. The number of aromatic nitrogens is 2. The van der Waals surface area contributed by atoms with Gasteiger partial charge in [0.25, 0.3) is 12.9 Å². The largest absolute Gasteiger partial charge is 0.483 e. The molecule has 0 bridgehead atoms. The van der Waals surface area contributed by atoms with Gasteiger partial charge in [-0.3, -0.25) is 9.59 Å². The zero-order valence-electron chi connectivity index (χ0n) is 13.6. The summed E-state index contributed by atoms with van der Waals surface area (Å²) in [5.74, 6) is 3.67. The molecule has 1 aromatic heterocycles. The van der Waals surface area contributed by atoms with Gasteiger partial charge >= 0.3 is 0 Å². The van der Waals surface area contributed by atoms with Crippen molar-refractivity contribution in [3.8, 4) is 0 Å². The standard InChI is InChI=1S/C14H19N3S.2CH2O2/c1-10-3-2-4-12-14(10)17-13(16-12)5-7-15-11-6-8-18-9-11;2*2-1-3/h2-4,11,15H,5-9H2,1H3,(H,16,17);2*1H,(H,2,3). The van der Waals surface area contributed by atoms with Gasteiger partial charge in [0.2, 0.25) is 0 Å². The van der Waals surface area contributed by atoms with E-state index in [9.17, 15) is 0 Å². The van der Waals surface area contributed by atoms with E-state index in [-0.39, 0.29) is 12.9 Å². The van der Waals surface area contributed by atoms with Crippen LogP contribution in [0.2, 0.25) is 0 Å². The van der Waals surface area contributed by atoms with E-state index in [2.05, 4.69) is 40.4 Å². The van der Waals surface area contributed by atoms with E-state index in [1.54, 1.807) is 0 Å². The molecule has 3 rings (SSSR count). The van der Waals surface area contributed by atoms with Crippen LogP contribution in [0.25, 0.3) is 11.0 Å². The summed E-state index contributed by atoms with van der Waals surface area (Å²) >= 11 is 2.05. The summed E-state index contributed by atoms with van der Waals surface area (Å²) in [5.41, 5.74) is 3.51. The normalized spacial score (nSPS) is 15.8. The fourth-order valence-electron chi connectivity index (χ4n) is 2.44. The first kappa shape index (κ1) is 20.0. The fourth-order valence-corrected chi connectivity index (χ4v) is 3.62. The Balaban J connectivity index is 0.000000423. The molecule has 0 radical (unpaired) electrons. The minimum absolute atomic E-state index is 0.250. The van der Waals surface area contributed by atoms with E-state index in [4.69, 9.17) is 19.8 Å². The van der Waals surface area contributed by atoms with E-state index >= 15 is 0 Å². The molecule has 2 aromatic rings. The van der Waals surface area contributed by atoms with Crippen LogP contribution in [0.5, 0.6) is 0 Å². The van der Waals surface area contributed by atoms with Crippen molar-refractivity contribution in [1.29, 1.82) is 0 Å². The number of nitrogens with zero attached hydrogens (tertiary/aromatic N) is 1. The number of nitrogens with one attached hydrogen (secondary N) is 2. The van der Waals surface area contributed by atoms with Crippen LogP contribution in [0, 0.1) is 6.92 Å². The average Bonchev–Trinajstić information content (AvgIpc) is 3.19. The predicted octanol–water partition coefficient (Wildman–Crippen LogP) is 1.91. The summed E-state index contributed by atoms with van der Waals surface area (Å²) in [4.78, 5) is 24.8. The van der Waals surface area contributed by atoms with Gasteiger partial charge in [-0.25, -0.2) is 4.98 Å². The molecule has 0 amide bonds. The van der Waals surface area contributed by atoms with Gasteiger partial charge in [0, 0.05) is 24.8 Å². The van der Waals surface area contributed by atoms with Crippen LogP contribution in [0.1, 0.15) is 17.8 Å². The van der Waals surface area contributed by atoms with Crippen LogP contribution in [0.4, 0.5) is 0 Å². The number of carbonyl (C=O) groups is 2. The number of rotatable bonds is 4. The topological polar surface area (TPSA) is 115 Å². The lowest BCUT2D eigenvalue weighted by Gasteiger charge is -2.09. The fraction of sp³-hybridized carbons (Fsp3) is 0.438. The number of H-pyrrole nitrogens is 1. The van der Waals surface area contributed by atoms with E-state index in [0.717, 1.165) is 29.8 Å². The lowest BCUT2D eigenvalue weighted by molar-refractivity contribution is -0.123. The third-order valence-electron chi connectivity index (χ3n) is 3.49. The summed E-state index contributed by atoms with van der Waals surface area (Å²) in [5, 5.41) is 17.4. The smallest absolute Gasteiger partial charge is 0.290 e. The zero-order chi connectivity index (χ0) is 17.8. The molecule has 0 spiro atoms. The molecule has 8 heteroatoms. The maximum atomic E-state index is 8.36. The molecule has 1 aliphatic rings. The number of aryl methyl sites for hydroxylation is 1. The number of carboxylic acid groups (broad SMARTS) is 2. The first-order chi connectivity index (χ1) is 11.7. The quantitative estimate of drug-likeness (QED) is 0.621. The third-order valence-corrected chi connectivity index (χ3v) is 4.65. The van der Waals surface area contributed by atoms with E-state index < -0.39 is 0 Å². The lowest BCUT2D eigenvalue weighted by Crippen LogP contribution is -2.30. The Labute approximate surface area is 144 Å². The van der Waals surface area contributed by atoms with E-state index in [1.165, 1.54) is 23.5 Å². The van der Waals surface area contributed by atoms with E-state index in [0.29, 0.717) is 6.04 Å². The molecule has 24 heavy (non-hydrogen) atoms. The Hall–Kier alpha value is -2.06. The van der Waals surface area contributed by atoms with Crippen LogP contribution in [-0.2, 0) is 16.0 Å². The Morgan fingerprint density at radius 1 is 1.38 bits per heavy atom.